The first-order valence-electron chi connectivity index (χ1n) is 4.89. The van der Waals surface area contributed by atoms with Crippen LogP contribution in [0.1, 0.15) is 34.6 Å². The highest BCUT2D eigenvalue weighted by Crippen LogP contribution is 2.20. The summed E-state index contributed by atoms with van der Waals surface area (Å²) in [4.78, 5) is 2.13. The van der Waals surface area contributed by atoms with E-state index < -0.39 is 5.54 Å². The molecule has 0 rings (SSSR count). The molecule has 0 aliphatic carbocycles. The van der Waals surface area contributed by atoms with Crippen molar-refractivity contribution in [3.05, 3.63) is 0 Å². The van der Waals surface area contributed by atoms with E-state index >= 15 is 0 Å². The Bertz CT molecular complexity index is 134. The van der Waals surface area contributed by atoms with Gasteiger partial charge in [0, 0.05) is 12.1 Å². The van der Waals surface area contributed by atoms with Crippen molar-refractivity contribution in [1.29, 1.82) is 0 Å². The summed E-state index contributed by atoms with van der Waals surface area (Å²) in [6.45, 7) is 10.1. The maximum absolute atomic E-state index is 9.25. The van der Waals surface area contributed by atoms with Crippen molar-refractivity contribution in [1.82, 2.24) is 4.90 Å². The molecule has 80 valence electrons. The van der Waals surface area contributed by atoms with Gasteiger partial charge in [-0.3, -0.25) is 4.90 Å². The van der Waals surface area contributed by atoms with Crippen LogP contribution in [-0.4, -0.2) is 45.9 Å². The average molecular weight is 189 g/mol. The third-order valence-electron chi connectivity index (χ3n) is 2.42. The van der Waals surface area contributed by atoms with Crippen LogP contribution in [0.25, 0.3) is 0 Å². The van der Waals surface area contributed by atoms with Crippen LogP contribution in [0.3, 0.4) is 0 Å². The fourth-order valence-electron chi connectivity index (χ4n) is 2.06. The van der Waals surface area contributed by atoms with Crippen molar-refractivity contribution < 1.29 is 10.2 Å². The molecule has 0 unspecified atom stereocenters. The Morgan fingerprint density at radius 1 is 1.00 bits per heavy atom. The number of hydrogen-bond acceptors (Lipinski definition) is 3. The van der Waals surface area contributed by atoms with E-state index in [0.29, 0.717) is 12.1 Å². The van der Waals surface area contributed by atoms with E-state index in [1.165, 1.54) is 0 Å². The van der Waals surface area contributed by atoms with Crippen molar-refractivity contribution in [3.63, 3.8) is 0 Å². The van der Waals surface area contributed by atoms with Crippen LogP contribution >= 0.6 is 0 Å². The predicted octanol–water partition coefficient (Wildman–Crippen LogP) is 0.848. The molecular weight excluding hydrogens is 166 g/mol. The molecule has 0 bridgehead atoms. The van der Waals surface area contributed by atoms with Gasteiger partial charge in [-0.05, 0) is 34.6 Å². The minimum absolute atomic E-state index is 0.0140. The first-order valence-corrected chi connectivity index (χ1v) is 4.89. The lowest BCUT2D eigenvalue weighted by molar-refractivity contribution is -0.0375. The van der Waals surface area contributed by atoms with Gasteiger partial charge in [0.1, 0.15) is 0 Å². The smallest absolute Gasteiger partial charge is 0.0648 e. The second-order valence-corrected chi connectivity index (χ2v) is 4.41. The first-order chi connectivity index (χ1) is 5.89. The Labute approximate surface area is 81.4 Å². The Hall–Kier alpha value is -0.120. The van der Waals surface area contributed by atoms with Gasteiger partial charge in [0.05, 0.1) is 18.8 Å². The molecule has 0 heterocycles. The molecule has 0 aliphatic heterocycles. The molecule has 3 nitrogen and oxygen atoms in total. The number of hydrogen-bond donors (Lipinski definition) is 2. The zero-order chi connectivity index (χ0) is 10.6. The number of rotatable bonds is 5. The quantitative estimate of drug-likeness (QED) is 0.674. The Balaban J connectivity index is 4.69. The van der Waals surface area contributed by atoms with E-state index in [1.807, 2.05) is 6.92 Å². The summed E-state index contributed by atoms with van der Waals surface area (Å²) >= 11 is 0. The molecule has 0 atom stereocenters. The highest BCUT2D eigenvalue weighted by atomic mass is 16.3. The van der Waals surface area contributed by atoms with Crippen LogP contribution in [-0.2, 0) is 0 Å². The molecule has 0 saturated heterocycles. The van der Waals surface area contributed by atoms with Gasteiger partial charge in [0.2, 0.25) is 0 Å². The van der Waals surface area contributed by atoms with E-state index in [4.69, 9.17) is 0 Å². The van der Waals surface area contributed by atoms with Gasteiger partial charge < -0.3 is 10.2 Å². The molecule has 0 aromatic heterocycles. The van der Waals surface area contributed by atoms with Crippen molar-refractivity contribution in [2.24, 2.45) is 0 Å². The van der Waals surface area contributed by atoms with E-state index in [2.05, 4.69) is 32.6 Å². The summed E-state index contributed by atoms with van der Waals surface area (Å²) in [7, 11) is 0. The summed E-state index contributed by atoms with van der Waals surface area (Å²) in [6, 6.07) is 0.647. The predicted molar refractivity (Wildman–Crippen MR) is 54.7 cm³/mol. The summed E-state index contributed by atoms with van der Waals surface area (Å²) in [5.41, 5.74) is -0.512. The van der Waals surface area contributed by atoms with Gasteiger partial charge in [-0.2, -0.15) is 0 Å². The summed E-state index contributed by atoms with van der Waals surface area (Å²) in [5.74, 6) is 0. The second-order valence-electron chi connectivity index (χ2n) is 4.41. The molecular formula is C10H23NO2. The molecule has 0 radical (unpaired) electrons. The van der Waals surface area contributed by atoms with Crippen molar-refractivity contribution >= 4 is 0 Å². The second kappa shape index (κ2) is 4.94. The molecule has 13 heavy (non-hydrogen) atoms. The van der Waals surface area contributed by atoms with Crippen LogP contribution in [0.15, 0.2) is 0 Å². The summed E-state index contributed by atoms with van der Waals surface area (Å²) in [6.07, 6.45) is 0. The molecule has 0 aromatic carbocycles. The minimum atomic E-state index is -0.512. The number of aliphatic hydroxyl groups is 2. The van der Waals surface area contributed by atoms with Crippen molar-refractivity contribution in [3.8, 4) is 0 Å². The van der Waals surface area contributed by atoms with E-state index in [0.717, 1.165) is 0 Å². The van der Waals surface area contributed by atoms with Gasteiger partial charge in [-0.1, -0.05) is 0 Å². The van der Waals surface area contributed by atoms with Crippen LogP contribution in [0, 0.1) is 0 Å². The van der Waals surface area contributed by atoms with Gasteiger partial charge >= 0.3 is 0 Å². The van der Waals surface area contributed by atoms with E-state index in [1.54, 1.807) is 0 Å². The van der Waals surface area contributed by atoms with E-state index in [9.17, 15) is 10.2 Å². The largest absolute Gasteiger partial charge is 0.394 e. The van der Waals surface area contributed by atoms with Gasteiger partial charge in [0.15, 0.2) is 0 Å². The van der Waals surface area contributed by atoms with Gasteiger partial charge in [-0.15, -0.1) is 0 Å². The summed E-state index contributed by atoms with van der Waals surface area (Å²) < 4.78 is 0. The highest BCUT2D eigenvalue weighted by Gasteiger charge is 2.34. The first kappa shape index (κ1) is 12.9. The molecule has 3 heteroatoms. The normalized spacial score (nSPS) is 13.4. The van der Waals surface area contributed by atoms with Crippen LogP contribution < -0.4 is 0 Å². The number of nitrogens with zero attached hydrogens (tertiary/aromatic N) is 1. The summed E-state index contributed by atoms with van der Waals surface area (Å²) in [5, 5.41) is 18.5. The van der Waals surface area contributed by atoms with Gasteiger partial charge in [-0.25, -0.2) is 0 Å². The molecule has 0 spiro atoms. The lowest BCUT2D eigenvalue weighted by Gasteiger charge is -2.44. The van der Waals surface area contributed by atoms with E-state index in [-0.39, 0.29) is 13.2 Å². The minimum Gasteiger partial charge on any atom is -0.394 e. The highest BCUT2D eigenvalue weighted by molar-refractivity contribution is 4.89. The monoisotopic (exact) mass is 189 g/mol. The van der Waals surface area contributed by atoms with Crippen LogP contribution in [0.4, 0.5) is 0 Å². The van der Waals surface area contributed by atoms with Gasteiger partial charge in [0.25, 0.3) is 0 Å². The number of aliphatic hydroxyl groups excluding tert-OH is 2. The lowest BCUT2D eigenvalue weighted by atomic mass is 9.98. The molecule has 0 saturated carbocycles. The fraction of sp³-hybridized carbons (Fsp3) is 1.00. The maximum Gasteiger partial charge on any atom is 0.0648 e. The third kappa shape index (κ3) is 2.93. The lowest BCUT2D eigenvalue weighted by Crippen LogP contribution is -2.57. The average Bonchev–Trinajstić information content (AvgIpc) is 2.02. The topological polar surface area (TPSA) is 43.7 Å². The Morgan fingerprint density at radius 2 is 1.31 bits per heavy atom. The molecule has 0 fully saturated rings. The Morgan fingerprint density at radius 3 is 1.38 bits per heavy atom. The zero-order valence-electron chi connectivity index (χ0n) is 9.41. The van der Waals surface area contributed by atoms with Crippen molar-refractivity contribution in [2.45, 2.75) is 52.2 Å². The molecule has 0 aliphatic rings. The SMILES string of the molecule is CC(C)N(C(C)C)C(C)(CO)CO. The van der Waals surface area contributed by atoms with Crippen LogP contribution in [0.2, 0.25) is 0 Å². The van der Waals surface area contributed by atoms with Crippen molar-refractivity contribution in [2.75, 3.05) is 13.2 Å². The maximum atomic E-state index is 9.25. The molecule has 0 aromatic rings. The molecule has 0 amide bonds. The molecule has 2 N–H and O–H groups in total. The van der Waals surface area contributed by atoms with Crippen LogP contribution in [0.5, 0.6) is 0 Å². The zero-order valence-corrected chi connectivity index (χ0v) is 9.41. The fourth-order valence-corrected chi connectivity index (χ4v) is 2.06. The third-order valence-corrected chi connectivity index (χ3v) is 2.42. The Kier molecular flexibility index (Phi) is 4.89. The standard InChI is InChI=1S/C10H23NO2/c1-8(2)11(9(3)4)10(5,6-12)7-13/h8-9,12-13H,6-7H2,1-5H3.